The zero-order chi connectivity index (χ0) is 15.6. The van der Waals surface area contributed by atoms with Gasteiger partial charge >= 0.3 is 0 Å². The van der Waals surface area contributed by atoms with Crippen LogP contribution in [0.1, 0.15) is 44.0 Å². The average molecular weight is 312 g/mol. The van der Waals surface area contributed by atoms with Crippen molar-refractivity contribution >= 4 is 11.6 Å². The van der Waals surface area contributed by atoms with Crippen molar-refractivity contribution in [2.75, 3.05) is 0 Å². The van der Waals surface area contributed by atoms with E-state index in [2.05, 4.69) is 24.0 Å². The molecule has 0 saturated heterocycles. The fourth-order valence-electron chi connectivity index (χ4n) is 2.43. The SMILES string of the molecule is CC(C)C(c1nc(Cc2ccc(F)cc2Cl)no1)C(C)N. The Morgan fingerprint density at radius 1 is 1.33 bits per heavy atom. The van der Waals surface area contributed by atoms with Gasteiger partial charge in [0.25, 0.3) is 0 Å². The van der Waals surface area contributed by atoms with Gasteiger partial charge in [-0.25, -0.2) is 4.39 Å². The summed E-state index contributed by atoms with van der Waals surface area (Å²) in [5.41, 5.74) is 6.74. The zero-order valence-electron chi connectivity index (χ0n) is 12.3. The quantitative estimate of drug-likeness (QED) is 0.917. The maximum atomic E-state index is 13.0. The Bertz CT molecular complexity index is 605. The van der Waals surface area contributed by atoms with Crippen LogP contribution in [0.15, 0.2) is 22.7 Å². The highest BCUT2D eigenvalue weighted by Crippen LogP contribution is 2.26. The van der Waals surface area contributed by atoms with Crippen LogP contribution >= 0.6 is 11.6 Å². The van der Waals surface area contributed by atoms with Gasteiger partial charge in [0, 0.05) is 17.5 Å². The van der Waals surface area contributed by atoms with E-state index < -0.39 is 0 Å². The van der Waals surface area contributed by atoms with Gasteiger partial charge in [-0.05, 0) is 30.5 Å². The lowest BCUT2D eigenvalue weighted by Gasteiger charge is -2.20. The fraction of sp³-hybridized carbons (Fsp3) is 0.467. The number of hydrogen-bond donors (Lipinski definition) is 1. The molecule has 2 atom stereocenters. The van der Waals surface area contributed by atoms with Crippen LogP contribution < -0.4 is 5.73 Å². The monoisotopic (exact) mass is 311 g/mol. The van der Waals surface area contributed by atoms with Crippen LogP contribution in [0.25, 0.3) is 0 Å². The van der Waals surface area contributed by atoms with Crippen molar-refractivity contribution in [3.8, 4) is 0 Å². The molecule has 0 spiro atoms. The molecule has 21 heavy (non-hydrogen) atoms. The molecule has 0 aliphatic rings. The highest BCUT2D eigenvalue weighted by atomic mass is 35.5. The molecule has 1 aromatic carbocycles. The molecule has 2 N–H and O–H groups in total. The van der Waals surface area contributed by atoms with Gasteiger partial charge in [-0.1, -0.05) is 36.7 Å². The molecule has 0 radical (unpaired) electrons. The van der Waals surface area contributed by atoms with Gasteiger partial charge < -0.3 is 10.3 Å². The van der Waals surface area contributed by atoms with E-state index in [0.717, 1.165) is 5.56 Å². The Kier molecular flexibility index (Phi) is 4.96. The number of halogens is 2. The van der Waals surface area contributed by atoms with Crippen LogP contribution in [0.4, 0.5) is 4.39 Å². The lowest BCUT2D eigenvalue weighted by molar-refractivity contribution is 0.298. The molecule has 0 amide bonds. The van der Waals surface area contributed by atoms with Gasteiger partial charge in [-0.15, -0.1) is 0 Å². The van der Waals surface area contributed by atoms with Gasteiger partial charge in [-0.3, -0.25) is 0 Å². The number of nitrogens with two attached hydrogens (primary N) is 1. The second kappa shape index (κ2) is 6.54. The first kappa shape index (κ1) is 15.9. The summed E-state index contributed by atoms with van der Waals surface area (Å²) in [6.45, 7) is 6.05. The van der Waals surface area contributed by atoms with E-state index in [4.69, 9.17) is 21.9 Å². The molecule has 2 rings (SSSR count). The van der Waals surface area contributed by atoms with Gasteiger partial charge in [0.15, 0.2) is 5.82 Å². The second-order valence-electron chi connectivity index (χ2n) is 5.59. The molecular formula is C15H19ClFN3O. The van der Waals surface area contributed by atoms with E-state index >= 15 is 0 Å². The molecule has 0 aliphatic heterocycles. The van der Waals surface area contributed by atoms with Crippen molar-refractivity contribution in [2.45, 2.75) is 39.2 Å². The molecule has 2 aromatic rings. The molecular weight excluding hydrogens is 293 g/mol. The molecule has 0 fully saturated rings. The molecule has 2 unspecified atom stereocenters. The summed E-state index contributed by atoms with van der Waals surface area (Å²) < 4.78 is 18.4. The van der Waals surface area contributed by atoms with Gasteiger partial charge in [0.2, 0.25) is 5.89 Å². The van der Waals surface area contributed by atoms with Crippen molar-refractivity contribution in [1.82, 2.24) is 10.1 Å². The summed E-state index contributed by atoms with van der Waals surface area (Å²) in [5, 5.41) is 4.32. The molecule has 1 heterocycles. The van der Waals surface area contributed by atoms with Gasteiger partial charge in [-0.2, -0.15) is 4.98 Å². The van der Waals surface area contributed by atoms with Gasteiger partial charge in [0.1, 0.15) is 5.82 Å². The van der Waals surface area contributed by atoms with Crippen LogP contribution in [0.3, 0.4) is 0 Å². The Morgan fingerprint density at radius 2 is 2.05 bits per heavy atom. The molecule has 4 nitrogen and oxygen atoms in total. The Morgan fingerprint density at radius 3 is 2.62 bits per heavy atom. The van der Waals surface area contributed by atoms with Crippen LogP contribution in [-0.4, -0.2) is 16.2 Å². The predicted molar refractivity (Wildman–Crippen MR) is 79.7 cm³/mol. The van der Waals surface area contributed by atoms with E-state index in [-0.39, 0.29) is 17.8 Å². The van der Waals surface area contributed by atoms with E-state index in [1.807, 2.05) is 6.92 Å². The Hall–Kier alpha value is -1.46. The summed E-state index contributed by atoms with van der Waals surface area (Å²) in [5.74, 6) is 0.995. The van der Waals surface area contributed by atoms with Crippen molar-refractivity contribution in [1.29, 1.82) is 0 Å². The maximum absolute atomic E-state index is 13.0. The van der Waals surface area contributed by atoms with Crippen LogP contribution in [-0.2, 0) is 6.42 Å². The third-order valence-corrected chi connectivity index (χ3v) is 3.77. The third-order valence-electron chi connectivity index (χ3n) is 3.42. The zero-order valence-corrected chi connectivity index (χ0v) is 13.1. The molecule has 0 aliphatic carbocycles. The lowest BCUT2D eigenvalue weighted by atomic mass is 9.90. The summed E-state index contributed by atoms with van der Waals surface area (Å²) in [7, 11) is 0. The minimum absolute atomic E-state index is 0.00920. The highest BCUT2D eigenvalue weighted by Gasteiger charge is 2.26. The molecule has 1 aromatic heterocycles. The fourth-order valence-corrected chi connectivity index (χ4v) is 2.66. The van der Waals surface area contributed by atoms with Crippen molar-refractivity contribution in [2.24, 2.45) is 11.7 Å². The van der Waals surface area contributed by atoms with Crippen molar-refractivity contribution < 1.29 is 8.91 Å². The van der Waals surface area contributed by atoms with Crippen LogP contribution in [0.2, 0.25) is 5.02 Å². The van der Waals surface area contributed by atoms with E-state index in [9.17, 15) is 4.39 Å². The highest BCUT2D eigenvalue weighted by molar-refractivity contribution is 6.31. The standard InChI is InChI=1S/C15H19ClFN3O/c1-8(2)14(9(3)18)15-19-13(20-21-15)6-10-4-5-11(17)7-12(10)16/h4-5,7-9,14H,6,18H2,1-3H3. The first-order valence-corrected chi connectivity index (χ1v) is 7.28. The van der Waals surface area contributed by atoms with Crippen LogP contribution in [0, 0.1) is 11.7 Å². The van der Waals surface area contributed by atoms with E-state index in [1.54, 1.807) is 6.07 Å². The topological polar surface area (TPSA) is 64.9 Å². The molecule has 0 bridgehead atoms. The molecule has 114 valence electrons. The average Bonchev–Trinajstić information content (AvgIpc) is 2.80. The number of rotatable bonds is 5. The van der Waals surface area contributed by atoms with Gasteiger partial charge in [0.05, 0.1) is 5.92 Å². The molecule has 6 heteroatoms. The first-order valence-electron chi connectivity index (χ1n) is 6.90. The number of benzene rings is 1. The number of aromatic nitrogens is 2. The van der Waals surface area contributed by atoms with Crippen LogP contribution in [0.5, 0.6) is 0 Å². The Labute approximate surface area is 128 Å². The lowest BCUT2D eigenvalue weighted by Crippen LogP contribution is -2.28. The summed E-state index contributed by atoms with van der Waals surface area (Å²) in [4.78, 5) is 4.40. The maximum Gasteiger partial charge on any atom is 0.231 e. The normalized spacial score (nSPS) is 14.4. The summed E-state index contributed by atoms with van der Waals surface area (Å²) in [6, 6.07) is 4.18. The largest absolute Gasteiger partial charge is 0.339 e. The molecule has 0 saturated carbocycles. The summed E-state index contributed by atoms with van der Waals surface area (Å²) in [6.07, 6.45) is 0.395. The Balaban J connectivity index is 2.20. The first-order chi connectivity index (χ1) is 9.88. The third kappa shape index (κ3) is 3.80. The number of hydrogen-bond acceptors (Lipinski definition) is 4. The van der Waals surface area contributed by atoms with Crippen molar-refractivity contribution in [3.05, 3.63) is 46.3 Å². The smallest absolute Gasteiger partial charge is 0.231 e. The predicted octanol–water partition coefficient (Wildman–Crippen LogP) is 3.54. The van der Waals surface area contributed by atoms with E-state index in [0.29, 0.717) is 29.1 Å². The van der Waals surface area contributed by atoms with E-state index in [1.165, 1.54) is 12.1 Å². The summed E-state index contributed by atoms with van der Waals surface area (Å²) >= 11 is 6.00. The minimum Gasteiger partial charge on any atom is -0.339 e. The second-order valence-corrected chi connectivity index (χ2v) is 6.00. The number of nitrogens with zero attached hydrogens (tertiary/aromatic N) is 2. The minimum atomic E-state index is -0.366. The van der Waals surface area contributed by atoms with Crippen molar-refractivity contribution in [3.63, 3.8) is 0 Å².